The summed E-state index contributed by atoms with van der Waals surface area (Å²) in [7, 11) is 0. The zero-order valence-corrected chi connectivity index (χ0v) is 16.0. The fourth-order valence-corrected chi connectivity index (χ4v) is 3.23. The van der Waals surface area contributed by atoms with Crippen LogP contribution in [0.2, 0.25) is 0 Å². The summed E-state index contributed by atoms with van der Waals surface area (Å²) in [5.74, 6) is 1.30. The molecule has 0 aliphatic carbocycles. The minimum Gasteiger partial charge on any atom is -0.365 e. The topological polar surface area (TPSA) is 101 Å². The smallest absolute Gasteiger partial charge is 0.326 e. The summed E-state index contributed by atoms with van der Waals surface area (Å²) in [6.45, 7) is 6.06. The number of hydrogen-bond donors (Lipinski definition) is 3. The summed E-state index contributed by atoms with van der Waals surface area (Å²) in [4.78, 5) is 28.5. The number of rotatable bonds is 7. The number of H-pyrrole nitrogens is 1. The largest absolute Gasteiger partial charge is 0.365 e. The maximum atomic E-state index is 12.2. The Morgan fingerprint density at radius 3 is 2.68 bits per heavy atom. The minimum atomic E-state index is -0.114. The number of benzene rings is 1. The molecule has 28 heavy (non-hydrogen) atoms. The van der Waals surface area contributed by atoms with Gasteiger partial charge in [0.15, 0.2) is 0 Å². The summed E-state index contributed by atoms with van der Waals surface area (Å²) in [6, 6.07) is 7.81. The maximum Gasteiger partial charge on any atom is 0.326 e. The van der Waals surface area contributed by atoms with E-state index < -0.39 is 0 Å². The van der Waals surface area contributed by atoms with E-state index in [-0.39, 0.29) is 5.69 Å². The van der Waals surface area contributed by atoms with Crippen molar-refractivity contribution in [3.63, 3.8) is 0 Å². The van der Waals surface area contributed by atoms with E-state index in [0.717, 1.165) is 46.3 Å². The van der Waals surface area contributed by atoms with Crippen LogP contribution in [-0.2, 0) is 13.1 Å². The molecule has 144 valence electrons. The van der Waals surface area contributed by atoms with Crippen molar-refractivity contribution in [1.29, 1.82) is 0 Å². The number of fused-ring (bicyclic) bond motifs is 2. The number of aromatic amines is 1. The van der Waals surface area contributed by atoms with Crippen molar-refractivity contribution in [2.45, 2.75) is 33.4 Å². The predicted octanol–water partition coefficient (Wildman–Crippen LogP) is 3.12. The first-order valence-electron chi connectivity index (χ1n) is 9.50. The lowest BCUT2D eigenvalue weighted by Crippen LogP contribution is -2.14. The van der Waals surface area contributed by atoms with Crippen LogP contribution >= 0.6 is 0 Å². The van der Waals surface area contributed by atoms with Gasteiger partial charge in [0.25, 0.3) is 0 Å². The maximum absolute atomic E-state index is 12.2. The van der Waals surface area contributed by atoms with Crippen molar-refractivity contribution >= 4 is 33.7 Å². The van der Waals surface area contributed by atoms with E-state index in [9.17, 15) is 4.79 Å². The van der Waals surface area contributed by atoms with Crippen LogP contribution < -0.4 is 16.3 Å². The molecule has 0 fully saturated rings. The predicted molar refractivity (Wildman–Crippen MR) is 112 cm³/mol. The van der Waals surface area contributed by atoms with Crippen LogP contribution in [0.3, 0.4) is 0 Å². The molecule has 3 N–H and O–H groups in total. The molecule has 0 unspecified atom stereocenters. The molecule has 4 aromatic rings. The molecular formula is C20H23N7O. The highest BCUT2D eigenvalue weighted by molar-refractivity contribution is 5.99. The van der Waals surface area contributed by atoms with Crippen molar-refractivity contribution in [3.05, 3.63) is 52.7 Å². The van der Waals surface area contributed by atoms with E-state index in [1.807, 2.05) is 31.2 Å². The van der Waals surface area contributed by atoms with Gasteiger partial charge < -0.3 is 15.6 Å². The Balaban J connectivity index is 1.82. The number of nitrogens with zero attached hydrogens (tertiary/aromatic N) is 4. The fourth-order valence-electron chi connectivity index (χ4n) is 3.23. The Morgan fingerprint density at radius 1 is 1.11 bits per heavy atom. The van der Waals surface area contributed by atoms with E-state index in [4.69, 9.17) is 0 Å². The van der Waals surface area contributed by atoms with Gasteiger partial charge in [-0.25, -0.2) is 9.78 Å². The monoisotopic (exact) mass is 377 g/mol. The van der Waals surface area contributed by atoms with Crippen LogP contribution in [0.5, 0.6) is 0 Å². The number of imidazole rings is 1. The molecule has 0 bridgehead atoms. The van der Waals surface area contributed by atoms with Gasteiger partial charge in [-0.15, -0.1) is 0 Å². The Labute approximate surface area is 162 Å². The van der Waals surface area contributed by atoms with Gasteiger partial charge in [0.05, 0.1) is 16.6 Å². The van der Waals surface area contributed by atoms with Gasteiger partial charge in [0, 0.05) is 37.4 Å². The Kier molecular flexibility index (Phi) is 4.92. The molecule has 3 heterocycles. The first-order chi connectivity index (χ1) is 13.7. The normalized spacial score (nSPS) is 11.2. The van der Waals surface area contributed by atoms with Crippen LogP contribution in [0, 0.1) is 0 Å². The van der Waals surface area contributed by atoms with E-state index in [1.54, 1.807) is 17.0 Å². The highest BCUT2D eigenvalue weighted by atomic mass is 16.1. The Morgan fingerprint density at radius 2 is 1.93 bits per heavy atom. The second-order valence-corrected chi connectivity index (χ2v) is 6.59. The van der Waals surface area contributed by atoms with Crippen LogP contribution in [0.15, 0.2) is 41.5 Å². The van der Waals surface area contributed by atoms with E-state index in [2.05, 4.69) is 37.5 Å². The van der Waals surface area contributed by atoms with Crippen LogP contribution in [0.4, 0.5) is 11.8 Å². The molecule has 8 nitrogen and oxygen atoms in total. The highest BCUT2D eigenvalue weighted by Gasteiger charge is 2.13. The van der Waals surface area contributed by atoms with Crippen LogP contribution in [0.1, 0.15) is 25.8 Å². The molecule has 0 radical (unpaired) electrons. The molecule has 0 saturated carbocycles. The molecule has 0 amide bonds. The van der Waals surface area contributed by atoms with Gasteiger partial charge in [-0.2, -0.15) is 4.98 Å². The number of aryl methyl sites for hydroxylation is 1. The third-order valence-corrected chi connectivity index (χ3v) is 4.65. The summed E-state index contributed by atoms with van der Waals surface area (Å²) in [5, 5.41) is 7.53. The van der Waals surface area contributed by atoms with E-state index in [1.165, 1.54) is 0 Å². The Bertz CT molecular complexity index is 1160. The minimum absolute atomic E-state index is 0.114. The van der Waals surface area contributed by atoms with Gasteiger partial charge >= 0.3 is 5.69 Å². The second-order valence-electron chi connectivity index (χ2n) is 6.59. The summed E-state index contributed by atoms with van der Waals surface area (Å²) in [6.07, 6.45) is 4.52. The molecule has 0 saturated heterocycles. The zero-order valence-electron chi connectivity index (χ0n) is 16.0. The molecule has 0 aliphatic heterocycles. The van der Waals surface area contributed by atoms with Gasteiger partial charge in [0.2, 0.25) is 5.95 Å². The lowest BCUT2D eigenvalue weighted by molar-refractivity contribution is 0.753. The van der Waals surface area contributed by atoms with E-state index >= 15 is 0 Å². The molecule has 0 atom stereocenters. The number of anilines is 2. The summed E-state index contributed by atoms with van der Waals surface area (Å²) in [5.41, 5.74) is 3.41. The SMILES string of the molecule is CCCNc1nc(NCc2ccncc2)c2cc3[nH]c(=O)n(CC)c3cc2n1. The number of pyridine rings is 1. The third kappa shape index (κ3) is 3.40. The summed E-state index contributed by atoms with van der Waals surface area (Å²) >= 11 is 0. The average molecular weight is 377 g/mol. The molecule has 4 rings (SSSR count). The molecule has 3 aromatic heterocycles. The zero-order chi connectivity index (χ0) is 19.5. The fraction of sp³-hybridized carbons (Fsp3) is 0.300. The summed E-state index contributed by atoms with van der Waals surface area (Å²) < 4.78 is 1.71. The van der Waals surface area contributed by atoms with Gasteiger partial charge in [-0.3, -0.25) is 9.55 Å². The molecule has 0 spiro atoms. The number of aromatic nitrogens is 5. The molecule has 8 heteroatoms. The quantitative estimate of drug-likeness (QED) is 0.457. The van der Waals surface area contributed by atoms with Crippen molar-refractivity contribution in [3.8, 4) is 0 Å². The second kappa shape index (κ2) is 7.67. The van der Waals surface area contributed by atoms with Crippen LogP contribution in [0.25, 0.3) is 21.9 Å². The first kappa shape index (κ1) is 18.0. The lowest BCUT2D eigenvalue weighted by Gasteiger charge is -2.12. The van der Waals surface area contributed by atoms with Crippen molar-refractivity contribution in [2.75, 3.05) is 17.2 Å². The molecule has 0 aliphatic rings. The first-order valence-corrected chi connectivity index (χ1v) is 9.50. The highest BCUT2D eigenvalue weighted by Crippen LogP contribution is 2.27. The van der Waals surface area contributed by atoms with E-state index in [0.29, 0.717) is 19.0 Å². The van der Waals surface area contributed by atoms with Gasteiger partial charge in [-0.05, 0) is 43.2 Å². The van der Waals surface area contributed by atoms with Crippen LogP contribution in [-0.4, -0.2) is 31.0 Å². The molecule has 1 aromatic carbocycles. The van der Waals surface area contributed by atoms with Crippen molar-refractivity contribution in [2.24, 2.45) is 0 Å². The van der Waals surface area contributed by atoms with Crippen molar-refractivity contribution in [1.82, 2.24) is 24.5 Å². The van der Waals surface area contributed by atoms with Gasteiger partial charge in [-0.1, -0.05) is 6.92 Å². The Hall–Kier alpha value is -3.42. The molecular weight excluding hydrogens is 354 g/mol. The number of hydrogen-bond acceptors (Lipinski definition) is 6. The van der Waals surface area contributed by atoms with Crippen molar-refractivity contribution < 1.29 is 0 Å². The average Bonchev–Trinajstić information content (AvgIpc) is 3.03. The number of nitrogens with one attached hydrogen (secondary N) is 3. The standard InChI is InChI=1S/C20H23N7O/c1-3-7-22-19-24-15-11-17-16(25-20(28)27(17)4-2)10-14(15)18(26-19)23-12-13-5-8-21-9-6-13/h5-6,8-11H,3-4,7,12H2,1-2H3,(H,25,28)(H2,22,23,24,26). The lowest BCUT2D eigenvalue weighted by atomic mass is 10.2. The third-order valence-electron chi connectivity index (χ3n) is 4.65. The van der Waals surface area contributed by atoms with Gasteiger partial charge in [0.1, 0.15) is 5.82 Å².